The monoisotopic (exact) mass is 487 g/mol. The number of para-hydroxylation sites is 1. The van der Waals surface area contributed by atoms with Gasteiger partial charge < -0.3 is 4.74 Å². The molecule has 2 aliphatic rings. The molecular weight excluding hydrogens is 466 g/mol. The maximum Gasteiger partial charge on any atom is 0.365 e. The number of benzene rings is 3. The third-order valence-corrected chi connectivity index (χ3v) is 7.11. The van der Waals surface area contributed by atoms with E-state index in [9.17, 15) is 14.9 Å². The number of nitrogens with zero attached hydrogens (tertiary/aromatic N) is 5. The van der Waals surface area contributed by atoms with Crippen LogP contribution < -0.4 is 10.0 Å². The molecule has 0 aliphatic carbocycles. The number of hydrogen-bond acceptors (Lipinski definition) is 9. The van der Waals surface area contributed by atoms with E-state index in [1.54, 1.807) is 17.1 Å². The normalized spacial score (nSPS) is 18.7. The number of anilines is 2. The summed E-state index contributed by atoms with van der Waals surface area (Å²) in [6.45, 7) is 2.04. The van der Waals surface area contributed by atoms with Gasteiger partial charge in [0.1, 0.15) is 0 Å². The van der Waals surface area contributed by atoms with Crippen LogP contribution in [0.1, 0.15) is 24.5 Å². The largest absolute Gasteiger partial charge is 0.464 e. The lowest BCUT2D eigenvalue weighted by molar-refractivity contribution is -0.384. The molecule has 9 nitrogen and oxygen atoms in total. The third kappa shape index (κ3) is 3.62. The van der Waals surface area contributed by atoms with Crippen LogP contribution in [0.4, 0.5) is 17.1 Å². The lowest BCUT2D eigenvalue weighted by Crippen LogP contribution is -2.53. The number of ether oxygens (including phenoxy) is 1. The number of nitro groups is 1. The summed E-state index contributed by atoms with van der Waals surface area (Å²) in [6, 6.07) is 23.6. The van der Waals surface area contributed by atoms with Gasteiger partial charge in [0, 0.05) is 23.3 Å². The Hall–Kier alpha value is -4.18. The summed E-state index contributed by atoms with van der Waals surface area (Å²) < 4.78 is 5.01. The Labute approximate surface area is 205 Å². The standard InChI is InChI=1S/C25H21N5O4S/c1-3-22-20-11-7-8-12-21(20)25(28(26-22)17-9-5-4-6-10-17)29(27-23(35-25)24(31)34-2)18-13-15-19(16-14-18)30(32)33/h4-16H,3H2,1-2H3/t25-/m0/s1. The number of thioether (sulfide) groups is 1. The Morgan fingerprint density at radius 1 is 0.971 bits per heavy atom. The number of hydrazone groups is 2. The van der Waals surface area contributed by atoms with Crippen molar-refractivity contribution in [2.75, 3.05) is 17.1 Å². The van der Waals surface area contributed by atoms with Crippen LogP contribution >= 0.6 is 11.8 Å². The first-order valence-corrected chi connectivity index (χ1v) is 11.7. The van der Waals surface area contributed by atoms with Crippen molar-refractivity contribution in [3.8, 4) is 0 Å². The molecule has 3 aromatic carbocycles. The number of nitro benzene ring substituents is 1. The van der Waals surface area contributed by atoms with E-state index in [0.29, 0.717) is 12.1 Å². The summed E-state index contributed by atoms with van der Waals surface area (Å²) in [5.74, 6) is -0.574. The molecule has 0 saturated carbocycles. The first-order chi connectivity index (χ1) is 17.0. The van der Waals surface area contributed by atoms with E-state index in [1.807, 2.05) is 66.5 Å². The van der Waals surface area contributed by atoms with Crippen LogP contribution in [0.5, 0.6) is 0 Å². The van der Waals surface area contributed by atoms with Crippen LogP contribution in [0.2, 0.25) is 0 Å². The Bertz CT molecular complexity index is 1360. The van der Waals surface area contributed by atoms with Gasteiger partial charge in [0.15, 0.2) is 0 Å². The van der Waals surface area contributed by atoms with Crippen molar-refractivity contribution in [2.45, 2.75) is 18.3 Å². The predicted molar refractivity (Wildman–Crippen MR) is 136 cm³/mol. The molecule has 0 saturated heterocycles. The van der Waals surface area contributed by atoms with Crippen LogP contribution in [-0.4, -0.2) is 28.8 Å². The fourth-order valence-corrected chi connectivity index (χ4v) is 5.53. The average Bonchev–Trinajstić information content (AvgIpc) is 3.30. The topological polar surface area (TPSA) is 101 Å². The van der Waals surface area contributed by atoms with Crippen LogP contribution in [0, 0.1) is 10.1 Å². The van der Waals surface area contributed by atoms with Crippen LogP contribution in [-0.2, 0) is 14.5 Å². The zero-order valence-electron chi connectivity index (χ0n) is 19.0. The lowest BCUT2D eigenvalue weighted by atomic mass is 9.96. The van der Waals surface area contributed by atoms with Gasteiger partial charge in [-0.05, 0) is 42.4 Å². The molecule has 0 N–H and O–H groups in total. The highest BCUT2D eigenvalue weighted by Crippen LogP contribution is 2.54. The number of methoxy groups -OCH3 is 1. The molecule has 10 heteroatoms. The van der Waals surface area contributed by atoms with Gasteiger partial charge in [-0.15, -0.1) is 0 Å². The number of hydrogen-bond donors (Lipinski definition) is 0. The number of carbonyl (C=O) groups is 1. The van der Waals surface area contributed by atoms with Crippen molar-refractivity contribution in [3.63, 3.8) is 0 Å². The van der Waals surface area contributed by atoms with Gasteiger partial charge in [-0.3, -0.25) is 10.1 Å². The van der Waals surface area contributed by atoms with E-state index < -0.39 is 15.9 Å². The highest BCUT2D eigenvalue weighted by Gasteiger charge is 2.56. The second kappa shape index (κ2) is 8.88. The van der Waals surface area contributed by atoms with E-state index in [2.05, 4.69) is 5.10 Å². The quantitative estimate of drug-likeness (QED) is 0.281. The molecule has 1 atom stereocenters. The molecule has 0 amide bonds. The summed E-state index contributed by atoms with van der Waals surface area (Å²) in [5.41, 5.74) is 4.05. The highest BCUT2D eigenvalue weighted by atomic mass is 32.2. The van der Waals surface area contributed by atoms with E-state index in [0.717, 1.165) is 22.5 Å². The van der Waals surface area contributed by atoms with Crippen molar-refractivity contribution in [1.82, 2.24) is 0 Å². The number of esters is 1. The summed E-state index contributed by atoms with van der Waals surface area (Å²) in [4.78, 5) is 22.4. The highest BCUT2D eigenvalue weighted by molar-refractivity contribution is 8.16. The van der Waals surface area contributed by atoms with Gasteiger partial charge in [0.2, 0.25) is 10.0 Å². The number of rotatable bonds is 5. The molecular formula is C25H21N5O4S. The fraction of sp³-hybridized carbons (Fsp3) is 0.160. The van der Waals surface area contributed by atoms with Crippen LogP contribution in [0.25, 0.3) is 0 Å². The molecule has 2 heterocycles. The molecule has 0 bridgehead atoms. The van der Waals surface area contributed by atoms with E-state index in [1.165, 1.54) is 31.0 Å². The maximum atomic E-state index is 12.7. The minimum Gasteiger partial charge on any atom is -0.464 e. The first kappa shape index (κ1) is 22.6. The first-order valence-electron chi connectivity index (χ1n) is 10.9. The Balaban J connectivity index is 1.79. The van der Waals surface area contributed by atoms with E-state index >= 15 is 0 Å². The second-order valence-electron chi connectivity index (χ2n) is 7.79. The fourth-order valence-electron chi connectivity index (χ4n) is 4.22. The predicted octanol–water partition coefficient (Wildman–Crippen LogP) is 5.08. The molecule has 0 radical (unpaired) electrons. The minimum atomic E-state index is -1.11. The Morgan fingerprint density at radius 3 is 2.26 bits per heavy atom. The smallest absolute Gasteiger partial charge is 0.365 e. The molecule has 0 unspecified atom stereocenters. The Morgan fingerprint density at radius 2 is 1.60 bits per heavy atom. The minimum absolute atomic E-state index is 0.0397. The van der Waals surface area contributed by atoms with Gasteiger partial charge in [-0.25, -0.2) is 14.8 Å². The SMILES string of the molecule is CCC1=NN(c2ccccc2)[C@@]2(SC(C(=O)OC)=NN2c2ccc([N+](=O)[O-])cc2)c2ccccc21. The summed E-state index contributed by atoms with van der Waals surface area (Å²) in [7, 11) is 1.31. The van der Waals surface area contributed by atoms with E-state index in [-0.39, 0.29) is 10.7 Å². The average molecular weight is 488 g/mol. The van der Waals surface area contributed by atoms with Crippen molar-refractivity contribution >= 4 is 45.5 Å². The van der Waals surface area contributed by atoms with Gasteiger partial charge >= 0.3 is 5.97 Å². The van der Waals surface area contributed by atoms with Crippen molar-refractivity contribution in [3.05, 3.63) is 100 Å². The van der Waals surface area contributed by atoms with Gasteiger partial charge in [0.25, 0.3) is 5.69 Å². The van der Waals surface area contributed by atoms with Crippen LogP contribution in [0.3, 0.4) is 0 Å². The van der Waals surface area contributed by atoms with Crippen molar-refractivity contribution < 1.29 is 14.5 Å². The summed E-state index contributed by atoms with van der Waals surface area (Å²) in [5, 5.41) is 24.7. The van der Waals surface area contributed by atoms with E-state index in [4.69, 9.17) is 9.84 Å². The van der Waals surface area contributed by atoms with Crippen molar-refractivity contribution in [2.24, 2.45) is 10.2 Å². The zero-order valence-corrected chi connectivity index (χ0v) is 19.8. The zero-order chi connectivity index (χ0) is 24.6. The summed E-state index contributed by atoms with van der Waals surface area (Å²) >= 11 is 1.22. The van der Waals surface area contributed by atoms with Gasteiger partial charge in [-0.2, -0.15) is 10.2 Å². The molecule has 176 valence electrons. The maximum absolute atomic E-state index is 12.7. The molecule has 0 aromatic heterocycles. The lowest BCUT2D eigenvalue weighted by Gasteiger charge is -2.47. The number of non-ortho nitro benzene ring substituents is 1. The van der Waals surface area contributed by atoms with Crippen molar-refractivity contribution in [1.29, 1.82) is 0 Å². The number of fused-ring (bicyclic) bond motifs is 2. The summed E-state index contributed by atoms with van der Waals surface area (Å²) in [6.07, 6.45) is 0.698. The molecule has 3 aromatic rings. The molecule has 2 aliphatic heterocycles. The van der Waals surface area contributed by atoms with Crippen LogP contribution in [0.15, 0.2) is 89.1 Å². The number of carbonyl (C=O) groups excluding carboxylic acids is 1. The Kier molecular flexibility index (Phi) is 5.73. The molecule has 5 rings (SSSR count). The molecule has 1 spiro atoms. The van der Waals surface area contributed by atoms with Gasteiger partial charge in [0.05, 0.1) is 29.1 Å². The molecule has 0 fully saturated rings. The molecule has 35 heavy (non-hydrogen) atoms. The third-order valence-electron chi connectivity index (χ3n) is 5.81. The second-order valence-corrected chi connectivity index (χ2v) is 8.95. The van der Waals surface area contributed by atoms with Gasteiger partial charge in [-0.1, -0.05) is 49.4 Å².